The highest BCUT2D eigenvalue weighted by Crippen LogP contribution is 2.45. The molecule has 16 heteroatoms. The number of piperidine rings is 2. The third-order valence-electron chi connectivity index (χ3n) is 11.2. The van der Waals surface area contributed by atoms with Crippen LogP contribution in [0.25, 0.3) is 0 Å². The highest BCUT2D eigenvalue weighted by atomic mass is 32.2. The topological polar surface area (TPSA) is 132 Å². The average molecular weight is 773 g/mol. The molecule has 0 saturated carbocycles. The number of nitrogens with zero attached hydrogens (tertiary/aromatic N) is 8. The molecule has 0 aliphatic carbocycles. The minimum absolute atomic E-state index is 0.0533. The van der Waals surface area contributed by atoms with Gasteiger partial charge in [0.15, 0.2) is 11.6 Å². The maximum atomic E-state index is 14.3. The van der Waals surface area contributed by atoms with E-state index in [1.165, 1.54) is 28.8 Å². The van der Waals surface area contributed by atoms with Gasteiger partial charge < -0.3 is 29.1 Å². The van der Waals surface area contributed by atoms with E-state index in [1.807, 2.05) is 41.5 Å². The van der Waals surface area contributed by atoms with E-state index in [1.54, 1.807) is 20.3 Å². The molecule has 0 N–H and O–H groups in total. The molecular formula is C38H57FN8O6S. The van der Waals surface area contributed by atoms with E-state index in [9.17, 15) is 22.4 Å². The Bertz CT molecular complexity index is 1740. The molecule has 2 aromatic rings. The number of rotatable bonds is 10. The fraction of sp³-hybridized carbons (Fsp3) is 0.684. The zero-order valence-electron chi connectivity index (χ0n) is 32.7. The van der Waals surface area contributed by atoms with E-state index in [2.05, 4.69) is 19.8 Å². The predicted molar refractivity (Wildman–Crippen MR) is 203 cm³/mol. The lowest BCUT2D eigenvalue weighted by atomic mass is 9.72. The van der Waals surface area contributed by atoms with Crippen LogP contribution < -0.4 is 9.64 Å². The highest BCUT2D eigenvalue weighted by Gasteiger charge is 2.46. The van der Waals surface area contributed by atoms with Crippen LogP contribution in [0.2, 0.25) is 0 Å². The first-order valence-electron chi connectivity index (χ1n) is 19.4. The van der Waals surface area contributed by atoms with Crippen LogP contribution in [0, 0.1) is 17.2 Å². The van der Waals surface area contributed by atoms with Gasteiger partial charge >= 0.3 is 6.09 Å². The van der Waals surface area contributed by atoms with Crippen LogP contribution in [-0.4, -0.2) is 144 Å². The molecule has 1 aromatic heterocycles. The number of anilines is 1. The van der Waals surface area contributed by atoms with Crippen molar-refractivity contribution in [3.05, 3.63) is 42.1 Å². The van der Waals surface area contributed by atoms with Crippen LogP contribution >= 0.6 is 0 Å². The number of halogens is 1. The summed E-state index contributed by atoms with van der Waals surface area (Å²) < 4.78 is 56.1. The zero-order chi connectivity index (χ0) is 38.8. The number of aromatic nitrogens is 2. The van der Waals surface area contributed by atoms with Crippen LogP contribution in [0.3, 0.4) is 0 Å². The molecule has 0 bridgehead atoms. The molecule has 298 valence electrons. The van der Waals surface area contributed by atoms with Gasteiger partial charge in [-0.15, -0.1) is 0 Å². The number of benzene rings is 1. The second-order valence-electron chi connectivity index (χ2n) is 16.5. The number of carbonyl (C=O) groups is 2. The molecule has 4 aliphatic heterocycles. The summed E-state index contributed by atoms with van der Waals surface area (Å²) in [5.41, 5.74) is -0.249. The van der Waals surface area contributed by atoms with Crippen LogP contribution in [0.15, 0.2) is 30.7 Å². The van der Waals surface area contributed by atoms with E-state index in [-0.39, 0.29) is 41.8 Å². The lowest BCUT2D eigenvalue weighted by molar-refractivity contribution is 0.0188. The van der Waals surface area contributed by atoms with Gasteiger partial charge in [-0.2, -0.15) is 17.0 Å². The van der Waals surface area contributed by atoms with Gasteiger partial charge in [0.2, 0.25) is 0 Å². The van der Waals surface area contributed by atoms with E-state index < -0.39 is 27.7 Å². The summed E-state index contributed by atoms with van der Waals surface area (Å²) in [6.45, 7) is 18.5. The molecule has 0 unspecified atom stereocenters. The first-order valence-corrected chi connectivity index (χ1v) is 20.8. The molecule has 0 atom stereocenters. The number of ether oxygens (including phenoxy) is 2. The summed E-state index contributed by atoms with van der Waals surface area (Å²) in [4.78, 5) is 42.5. The van der Waals surface area contributed by atoms with Crippen LogP contribution in [0.1, 0.15) is 77.6 Å². The van der Waals surface area contributed by atoms with Crippen molar-refractivity contribution >= 4 is 28.0 Å². The number of hydrogen-bond donors (Lipinski definition) is 0. The molecule has 1 aromatic carbocycles. The Kier molecular flexibility index (Phi) is 12.1. The number of hydrogen-bond acceptors (Lipinski definition) is 10. The van der Waals surface area contributed by atoms with Crippen LogP contribution in [-0.2, 0) is 14.9 Å². The first-order chi connectivity index (χ1) is 25.6. The maximum Gasteiger partial charge on any atom is 0.410 e. The minimum atomic E-state index is -3.58. The molecule has 4 saturated heterocycles. The summed E-state index contributed by atoms with van der Waals surface area (Å²) in [7, 11) is -3.58. The number of carbonyl (C=O) groups excluding carboxylic acids is 2. The van der Waals surface area contributed by atoms with Crippen LogP contribution in [0.5, 0.6) is 11.5 Å². The van der Waals surface area contributed by atoms with Gasteiger partial charge in [-0.3, -0.25) is 4.79 Å². The largest absolute Gasteiger partial charge is 0.451 e. The quantitative estimate of drug-likeness (QED) is 0.335. The van der Waals surface area contributed by atoms with Gasteiger partial charge in [-0.25, -0.2) is 19.2 Å². The third kappa shape index (κ3) is 9.09. The minimum Gasteiger partial charge on any atom is -0.451 e. The third-order valence-corrected chi connectivity index (χ3v) is 13.2. The lowest BCUT2D eigenvalue weighted by Gasteiger charge is -2.54. The van der Waals surface area contributed by atoms with Crippen molar-refractivity contribution in [2.24, 2.45) is 11.3 Å². The van der Waals surface area contributed by atoms with E-state index in [0.717, 1.165) is 58.4 Å². The van der Waals surface area contributed by atoms with Crippen molar-refractivity contribution in [2.45, 2.75) is 78.9 Å². The lowest BCUT2D eigenvalue weighted by Crippen LogP contribution is -2.61. The van der Waals surface area contributed by atoms with Gasteiger partial charge in [0.1, 0.15) is 23.5 Å². The van der Waals surface area contributed by atoms with E-state index >= 15 is 0 Å². The Morgan fingerprint density at radius 1 is 0.981 bits per heavy atom. The summed E-state index contributed by atoms with van der Waals surface area (Å²) >= 11 is 0. The Morgan fingerprint density at radius 2 is 1.63 bits per heavy atom. The monoisotopic (exact) mass is 772 g/mol. The SMILES string of the molecule is CCN(C(=O)c1cc(F)ccc1Oc1cncnc1N1CC2(CCN(CC3CCN(S(=O)(=O)N4CCN(C(=O)OC(C)(C)C)CC4)CC3)CC2)C1)C(C)C. The van der Waals surface area contributed by atoms with Gasteiger partial charge in [-0.1, -0.05) is 0 Å². The number of piperazine rings is 1. The molecule has 4 fully saturated rings. The van der Waals surface area contributed by atoms with Gasteiger partial charge in [-0.05, 0) is 104 Å². The summed E-state index contributed by atoms with van der Waals surface area (Å²) in [5, 5.41) is 0. The summed E-state index contributed by atoms with van der Waals surface area (Å²) in [6, 6.07) is 3.95. The Labute approximate surface area is 319 Å². The van der Waals surface area contributed by atoms with Crippen molar-refractivity contribution in [1.82, 2.24) is 33.3 Å². The van der Waals surface area contributed by atoms with Gasteiger partial charge in [0, 0.05) is 76.9 Å². The maximum absolute atomic E-state index is 14.3. The number of amides is 2. The van der Waals surface area contributed by atoms with Crippen molar-refractivity contribution in [3.63, 3.8) is 0 Å². The van der Waals surface area contributed by atoms with Crippen molar-refractivity contribution < 1.29 is 31.9 Å². The number of likely N-dealkylation sites (tertiary alicyclic amines) is 1. The Morgan fingerprint density at radius 3 is 2.24 bits per heavy atom. The molecule has 0 radical (unpaired) electrons. The first kappa shape index (κ1) is 40.1. The summed E-state index contributed by atoms with van der Waals surface area (Å²) in [5.74, 6) is 0.992. The smallest absolute Gasteiger partial charge is 0.410 e. The fourth-order valence-corrected chi connectivity index (χ4v) is 9.74. The van der Waals surface area contributed by atoms with Gasteiger partial charge in [0.05, 0.1) is 11.8 Å². The molecule has 54 heavy (non-hydrogen) atoms. The molecule has 4 aliphatic rings. The zero-order valence-corrected chi connectivity index (χ0v) is 33.5. The van der Waals surface area contributed by atoms with E-state index in [0.29, 0.717) is 50.2 Å². The van der Waals surface area contributed by atoms with Crippen molar-refractivity contribution in [1.29, 1.82) is 0 Å². The average Bonchev–Trinajstić information content (AvgIpc) is 3.12. The van der Waals surface area contributed by atoms with Crippen LogP contribution in [0.4, 0.5) is 15.0 Å². The molecule has 14 nitrogen and oxygen atoms in total. The Hall–Kier alpha value is -3.60. The highest BCUT2D eigenvalue weighted by molar-refractivity contribution is 7.86. The van der Waals surface area contributed by atoms with Gasteiger partial charge in [0.25, 0.3) is 16.1 Å². The van der Waals surface area contributed by atoms with Crippen molar-refractivity contribution in [2.75, 3.05) is 83.4 Å². The molecule has 6 rings (SSSR count). The molecular weight excluding hydrogens is 716 g/mol. The molecule has 5 heterocycles. The normalized spacial score (nSPS) is 20.6. The predicted octanol–water partition coefficient (Wildman–Crippen LogP) is 4.69. The van der Waals surface area contributed by atoms with E-state index in [4.69, 9.17) is 9.47 Å². The fourth-order valence-electron chi connectivity index (χ4n) is 8.11. The molecule has 1 spiro atoms. The Balaban J connectivity index is 0.965. The van der Waals surface area contributed by atoms with Crippen molar-refractivity contribution in [3.8, 4) is 11.5 Å². The second-order valence-corrected chi connectivity index (χ2v) is 18.4. The summed E-state index contributed by atoms with van der Waals surface area (Å²) in [6.07, 6.45) is 6.47. The standard InChI is InChI=1S/C38H57FN8O6S/c1-7-47(28(2)3)35(48)31-22-30(39)8-9-32(31)52-33-23-40-27-41-34(33)44-25-38(26-44)12-16-42(17-13-38)24-29-10-14-45(15-11-29)54(50,51)46-20-18-43(19-21-46)36(49)53-37(4,5)6/h8-9,22-23,27-29H,7,10-21,24-26H2,1-6H3. The molecule has 2 amide bonds. The second kappa shape index (κ2) is 16.2.